The highest BCUT2D eigenvalue weighted by atomic mass is 79.9. The van der Waals surface area contributed by atoms with E-state index in [0.717, 1.165) is 36.3 Å². The van der Waals surface area contributed by atoms with Gasteiger partial charge >= 0.3 is 0 Å². The van der Waals surface area contributed by atoms with Gasteiger partial charge in [0.15, 0.2) is 0 Å². The van der Waals surface area contributed by atoms with E-state index < -0.39 is 0 Å². The Hall–Kier alpha value is -0.620. The first kappa shape index (κ1) is 16.7. The van der Waals surface area contributed by atoms with Crippen LogP contribution in [0.4, 0.5) is 0 Å². The van der Waals surface area contributed by atoms with Crippen LogP contribution in [0.2, 0.25) is 0 Å². The van der Waals surface area contributed by atoms with Gasteiger partial charge in [0.1, 0.15) is 12.4 Å². The van der Waals surface area contributed by atoms with E-state index in [2.05, 4.69) is 27.3 Å². The topological polar surface area (TPSA) is 39.7 Å². The fraction of sp³-hybridized carbons (Fsp3) is 0.625. The number of hydrogen-bond acceptors (Lipinski definition) is 4. The molecule has 118 valence electrons. The van der Waals surface area contributed by atoms with E-state index in [1.165, 1.54) is 18.4 Å². The molecule has 0 saturated carbocycles. The van der Waals surface area contributed by atoms with Gasteiger partial charge in [-0.2, -0.15) is 0 Å². The fourth-order valence-electron chi connectivity index (χ4n) is 2.30. The highest BCUT2D eigenvalue weighted by Gasteiger charge is 2.14. The molecule has 0 aromatic heterocycles. The first-order valence-electron chi connectivity index (χ1n) is 7.52. The van der Waals surface area contributed by atoms with Crippen molar-refractivity contribution in [2.75, 3.05) is 33.5 Å². The summed E-state index contributed by atoms with van der Waals surface area (Å²) in [6.07, 6.45) is 3.75. The van der Waals surface area contributed by atoms with E-state index in [1.54, 1.807) is 7.11 Å². The summed E-state index contributed by atoms with van der Waals surface area (Å²) in [5, 5.41) is 3.34. The molecule has 0 spiro atoms. The van der Waals surface area contributed by atoms with Crippen LogP contribution in [-0.4, -0.2) is 39.6 Å². The van der Waals surface area contributed by atoms with Gasteiger partial charge in [-0.1, -0.05) is 15.9 Å². The van der Waals surface area contributed by atoms with E-state index in [1.807, 2.05) is 12.1 Å². The Labute approximate surface area is 135 Å². The molecular weight excluding hydrogens is 334 g/mol. The van der Waals surface area contributed by atoms with Crippen LogP contribution in [0.3, 0.4) is 0 Å². The third-order valence-electron chi connectivity index (χ3n) is 3.53. The predicted octanol–water partition coefficient (Wildman–Crippen LogP) is 3.13. The zero-order chi connectivity index (χ0) is 14.9. The van der Waals surface area contributed by atoms with E-state index in [9.17, 15) is 0 Å². The van der Waals surface area contributed by atoms with Crippen molar-refractivity contribution >= 4 is 15.9 Å². The number of halogens is 1. The average molecular weight is 358 g/mol. The molecular formula is C16H24BrNO3. The normalized spacial score (nSPS) is 18.7. The zero-order valence-electron chi connectivity index (χ0n) is 12.6. The minimum absolute atomic E-state index is 0.241. The van der Waals surface area contributed by atoms with Crippen LogP contribution in [0.5, 0.6) is 5.75 Å². The lowest BCUT2D eigenvalue weighted by atomic mass is 10.1. The Balaban J connectivity index is 1.82. The van der Waals surface area contributed by atoms with Gasteiger partial charge in [-0.3, -0.25) is 0 Å². The molecule has 0 bridgehead atoms. The summed E-state index contributed by atoms with van der Waals surface area (Å²) >= 11 is 3.58. The van der Waals surface area contributed by atoms with Gasteiger partial charge in [-0.25, -0.2) is 0 Å². The predicted molar refractivity (Wildman–Crippen MR) is 86.8 cm³/mol. The molecule has 1 fully saturated rings. The largest absolute Gasteiger partial charge is 0.491 e. The fourth-order valence-corrected chi connectivity index (χ4v) is 2.69. The van der Waals surface area contributed by atoms with E-state index in [4.69, 9.17) is 14.2 Å². The van der Waals surface area contributed by atoms with Crippen molar-refractivity contribution in [3.63, 3.8) is 0 Å². The minimum atomic E-state index is 0.241. The van der Waals surface area contributed by atoms with Gasteiger partial charge in [0.2, 0.25) is 0 Å². The molecule has 4 nitrogen and oxygen atoms in total. The van der Waals surface area contributed by atoms with Crippen LogP contribution in [0.25, 0.3) is 0 Å². The third-order valence-corrected chi connectivity index (χ3v) is 4.30. The third kappa shape index (κ3) is 5.94. The number of nitrogens with one attached hydrogen (secondary N) is 1. The van der Waals surface area contributed by atoms with E-state index in [0.29, 0.717) is 13.2 Å². The van der Waals surface area contributed by atoms with Crippen molar-refractivity contribution < 1.29 is 14.2 Å². The second-order valence-corrected chi connectivity index (χ2v) is 6.08. The number of methoxy groups -OCH3 is 1. The van der Waals surface area contributed by atoms with Gasteiger partial charge in [-0.15, -0.1) is 0 Å². The summed E-state index contributed by atoms with van der Waals surface area (Å²) in [7, 11) is 1.71. The summed E-state index contributed by atoms with van der Waals surface area (Å²) < 4.78 is 17.7. The monoisotopic (exact) mass is 357 g/mol. The zero-order valence-corrected chi connectivity index (χ0v) is 14.2. The lowest BCUT2D eigenvalue weighted by molar-refractivity contribution is -0.0110. The summed E-state index contributed by atoms with van der Waals surface area (Å²) in [5.74, 6) is 0.899. The maximum Gasteiger partial charge on any atom is 0.119 e. The number of rotatable bonds is 8. The van der Waals surface area contributed by atoms with Crippen molar-refractivity contribution in [2.24, 2.45) is 0 Å². The summed E-state index contributed by atoms with van der Waals surface area (Å²) in [5.41, 5.74) is 1.19. The smallest absolute Gasteiger partial charge is 0.119 e. The minimum Gasteiger partial charge on any atom is -0.491 e. The lowest BCUT2D eigenvalue weighted by Gasteiger charge is -2.22. The number of benzene rings is 1. The Morgan fingerprint density at radius 1 is 1.38 bits per heavy atom. The van der Waals surface area contributed by atoms with Crippen molar-refractivity contribution in [1.82, 2.24) is 5.32 Å². The van der Waals surface area contributed by atoms with Gasteiger partial charge in [0.25, 0.3) is 0 Å². The molecule has 21 heavy (non-hydrogen) atoms. The Morgan fingerprint density at radius 2 is 2.29 bits per heavy atom. The van der Waals surface area contributed by atoms with Crippen LogP contribution in [-0.2, 0) is 16.0 Å². The second-order valence-electron chi connectivity index (χ2n) is 5.22. The van der Waals surface area contributed by atoms with Crippen molar-refractivity contribution in [3.8, 4) is 5.75 Å². The standard InChI is InChI=1S/C16H24BrNO3/c1-19-9-7-18-11-13-10-14(5-6-16(13)17)21-12-15-4-2-3-8-20-15/h5-6,10,15,18H,2-4,7-9,11-12H2,1H3. The summed E-state index contributed by atoms with van der Waals surface area (Å²) in [6.45, 7) is 3.85. The molecule has 5 heteroatoms. The van der Waals surface area contributed by atoms with Crippen LogP contribution < -0.4 is 10.1 Å². The van der Waals surface area contributed by atoms with Crippen LogP contribution in [0, 0.1) is 0 Å². The Morgan fingerprint density at radius 3 is 3.05 bits per heavy atom. The number of ether oxygens (including phenoxy) is 3. The van der Waals surface area contributed by atoms with Gasteiger partial charge < -0.3 is 19.5 Å². The molecule has 1 aliphatic heterocycles. The second kappa shape index (κ2) is 9.41. The molecule has 1 aromatic rings. The van der Waals surface area contributed by atoms with E-state index >= 15 is 0 Å². The molecule has 1 aliphatic rings. The highest BCUT2D eigenvalue weighted by molar-refractivity contribution is 9.10. The Kier molecular flexibility index (Phi) is 7.50. The van der Waals surface area contributed by atoms with Crippen molar-refractivity contribution in [1.29, 1.82) is 0 Å². The van der Waals surface area contributed by atoms with Crippen LogP contribution in [0.1, 0.15) is 24.8 Å². The highest BCUT2D eigenvalue weighted by Crippen LogP contribution is 2.23. The number of hydrogen-bond donors (Lipinski definition) is 1. The maximum atomic E-state index is 5.87. The SMILES string of the molecule is COCCNCc1cc(OCC2CCCCO2)ccc1Br. The molecule has 1 saturated heterocycles. The van der Waals surface area contributed by atoms with Crippen LogP contribution >= 0.6 is 15.9 Å². The molecule has 2 rings (SSSR count). The van der Waals surface area contributed by atoms with Crippen molar-refractivity contribution in [3.05, 3.63) is 28.2 Å². The summed E-state index contributed by atoms with van der Waals surface area (Å²) in [4.78, 5) is 0. The average Bonchev–Trinajstić information content (AvgIpc) is 2.53. The Bertz CT molecular complexity index is 422. The summed E-state index contributed by atoms with van der Waals surface area (Å²) in [6, 6.07) is 6.10. The van der Waals surface area contributed by atoms with E-state index in [-0.39, 0.29) is 6.10 Å². The van der Waals surface area contributed by atoms with Gasteiger partial charge in [0.05, 0.1) is 12.7 Å². The first-order chi connectivity index (χ1) is 10.3. The molecule has 1 heterocycles. The van der Waals surface area contributed by atoms with Crippen LogP contribution in [0.15, 0.2) is 22.7 Å². The molecule has 1 unspecified atom stereocenters. The maximum absolute atomic E-state index is 5.87. The van der Waals surface area contributed by atoms with Crippen molar-refractivity contribution in [2.45, 2.75) is 31.9 Å². The molecule has 0 aliphatic carbocycles. The van der Waals surface area contributed by atoms with Gasteiger partial charge in [0, 0.05) is 31.3 Å². The first-order valence-corrected chi connectivity index (χ1v) is 8.31. The quantitative estimate of drug-likeness (QED) is 0.725. The molecule has 1 atom stereocenters. The molecule has 0 amide bonds. The lowest BCUT2D eigenvalue weighted by Crippen LogP contribution is -2.25. The molecule has 1 N–H and O–H groups in total. The molecule has 1 aromatic carbocycles. The molecule has 0 radical (unpaired) electrons. The van der Waals surface area contributed by atoms with Gasteiger partial charge in [-0.05, 0) is 43.0 Å².